The van der Waals surface area contributed by atoms with Crippen LogP contribution in [0.25, 0.3) is 0 Å². The standard InChI is InChI=1S/C36H50O3/c1-5-7-8-11-29-16-20-35-24-30(17-21-34(35)23-29)15-19-33-18-14-28(22-32(33)6-2)12-9-10-13-31(25-37)26-39-36(38)27(3)4/h14,16-18,20-24,31,34-35,37H,3,5-13,15,19,25-26H2,1-2,4H3. The summed E-state index contributed by atoms with van der Waals surface area (Å²) in [5, 5.41) is 9.61. The molecule has 3 unspecified atom stereocenters. The maximum absolute atomic E-state index is 11.6. The molecule has 2 aliphatic rings. The van der Waals surface area contributed by atoms with Gasteiger partial charge in [-0.05, 0) is 75.0 Å². The zero-order chi connectivity index (χ0) is 28.0. The number of esters is 1. The predicted octanol–water partition coefficient (Wildman–Crippen LogP) is 8.43. The summed E-state index contributed by atoms with van der Waals surface area (Å²) in [6, 6.07) is 7.02. The summed E-state index contributed by atoms with van der Waals surface area (Å²) in [5.41, 5.74) is 7.68. The molecule has 0 saturated carbocycles. The first-order chi connectivity index (χ1) is 18.9. The Morgan fingerprint density at radius 3 is 2.26 bits per heavy atom. The number of aliphatic hydroxyl groups is 1. The molecule has 3 atom stereocenters. The van der Waals surface area contributed by atoms with Crippen LogP contribution < -0.4 is 0 Å². The summed E-state index contributed by atoms with van der Waals surface area (Å²) in [7, 11) is 0. The summed E-state index contributed by atoms with van der Waals surface area (Å²) >= 11 is 0. The third-order valence-corrected chi connectivity index (χ3v) is 8.11. The van der Waals surface area contributed by atoms with Gasteiger partial charge in [-0.2, -0.15) is 0 Å². The van der Waals surface area contributed by atoms with Crippen LogP contribution in [0.3, 0.4) is 0 Å². The van der Waals surface area contributed by atoms with Crippen molar-refractivity contribution in [3.05, 3.63) is 94.6 Å². The third kappa shape index (κ3) is 10.1. The molecule has 2 aliphatic carbocycles. The maximum Gasteiger partial charge on any atom is 0.333 e. The number of hydrogen-bond acceptors (Lipinski definition) is 3. The Labute approximate surface area is 237 Å². The van der Waals surface area contributed by atoms with Crippen LogP contribution in [0.1, 0.15) is 88.8 Å². The van der Waals surface area contributed by atoms with E-state index in [-0.39, 0.29) is 25.1 Å². The lowest BCUT2D eigenvalue weighted by Gasteiger charge is -2.25. The van der Waals surface area contributed by atoms with Gasteiger partial charge >= 0.3 is 5.97 Å². The Hall–Kier alpha value is -2.65. The molecule has 1 aromatic rings. The van der Waals surface area contributed by atoms with E-state index >= 15 is 0 Å². The highest BCUT2D eigenvalue weighted by Gasteiger charge is 2.20. The number of ether oxygens (including phenoxy) is 1. The van der Waals surface area contributed by atoms with Crippen molar-refractivity contribution in [2.45, 2.75) is 91.4 Å². The summed E-state index contributed by atoms with van der Waals surface area (Å²) in [6.07, 6.45) is 26.8. The van der Waals surface area contributed by atoms with Crippen molar-refractivity contribution in [2.24, 2.45) is 17.8 Å². The Balaban J connectivity index is 1.44. The van der Waals surface area contributed by atoms with Crippen molar-refractivity contribution in [3.63, 3.8) is 0 Å². The van der Waals surface area contributed by atoms with Crippen molar-refractivity contribution >= 4 is 5.97 Å². The Bertz CT molecular complexity index is 1070. The van der Waals surface area contributed by atoms with E-state index in [4.69, 9.17) is 4.74 Å². The highest BCUT2D eigenvalue weighted by molar-refractivity contribution is 5.86. The molecule has 0 amide bonds. The van der Waals surface area contributed by atoms with Crippen molar-refractivity contribution in [1.82, 2.24) is 0 Å². The highest BCUT2D eigenvalue weighted by atomic mass is 16.5. The molecule has 1 N–H and O–H groups in total. The fraction of sp³-hybridized carbons (Fsp3) is 0.528. The van der Waals surface area contributed by atoms with Gasteiger partial charge < -0.3 is 9.84 Å². The summed E-state index contributed by atoms with van der Waals surface area (Å²) in [6.45, 7) is 10.1. The Kier molecular flexibility index (Phi) is 13.0. The topological polar surface area (TPSA) is 46.5 Å². The molecular weight excluding hydrogens is 480 g/mol. The van der Waals surface area contributed by atoms with Gasteiger partial charge in [0.1, 0.15) is 0 Å². The second kappa shape index (κ2) is 16.5. The summed E-state index contributed by atoms with van der Waals surface area (Å²) in [4.78, 5) is 11.6. The molecular formula is C36H50O3. The van der Waals surface area contributed by atoms with E-state index in [2.05, 4.69) is 75.1 Å². The van der Waals surface area contributed by atoms with Gasteiger partial charge in [0.15, 0.2) is 0 Å². The van der Waals surface area contributed by atoms with E-state index in [1.807, 2.05) is 0 Å². The van der Waals surface area contributed by atoms with Crippen LogP contribution in [0, 0.1) is 17.8 Å². The number of aliphatic hydroxyl groups excluding tert-OH is 1. The van der Waals surface area contributed by atoms with E-state index in [1.165, 1.54) is 53.5 Å². The molecule has 0 fully saturated rings. The minimum atomic E-state index is -0.379. The van der Waals surface area contributed by atoms with Crippen LogP contribution in [-0.4, -0.2) is 24.3 Å². The number of aryl methyl sites for hydroxylation is 3. The van der Waals surface area contributed by atoms with Crippen LogP contribution in [0.2, 0.25) is 0 Å². The minimum absolute atomic E-state index is 0.00623. The van der Waals surface area contributed by atoms with Gasteiger partial charge in [0, 0.05) is 29.9 Å². The molecule has 3 nitrogen and oxygen atoms in total. The number of unbranched alkanes of at least 4 members (excludes halogenated alkanes) is 3. The average molecular weight is 531 g/mol. The normalized spacial score (nSPS) is 18.8. The van der Waals surface area contributed by atoms with Gasteiger partial charge in [0.05, 0.1) is 6.61 Å². The predicted molar refractivity (Wildman–Crippen MR) is 164 cm³/mol. The fourth-order valence-corrected chi connectivity index (χ4v) is 5.57. The third-order valence-electron chi connectivity index (χ3n) is 8.11. The molecule has 0 aliphatic heterocycles. The van der Waals surface area contributed by atoms with Gasteiger partial charge in [-0.25, -0.2) is 4.79 Å². The van der Waals surface area contributed by atoms with Crippen molar-refractivity contribution in [2.75, 3.05) is 13.2 Å². The zero-order valence-corrected chi connectivity index (χ0v) is 24.6. The molecule has 0 saturated heterocycles. The smallest absolute Gasteiger partial charge is 0.333 e. The molecule has 0 bridgehead atoms. The second-order valence-electron chi connectivity index (χ2n) is 11.4. The lowest BCUT2D eigenvalue weighted by molar-refractivity contribution is -0.140. The van der Waals surface area contributed by atoms with Crippen molar-refractivity contribution in [3.8, 4) is 0 Å². The van der Waals surface area contributed by atoms with E-state index in [0.717, 1.165) is 44.9 Å². The average Bonchev–Trinajstić information content (AvgIpc) is 2.95. The van der Waals surface area contributed by atoms with Crippen LogP contribution >= 0.6 is 0 Å². The first-order valence-electron chi connectivity index (χ1n) is 15.2. The van der Waals surface area contributed by atoms with Gasteiger partial charge in [-0.15, -0.1) is 0 Å². The molecule has 212 valence electrons. The van der Waals surface area contributed by atoms with Crippen LogP contribution in [0.4, 0.5) is 0 Å². The fourth-order valence-electron chi connectivity index (χ4n) is 5.57. The number of fused-ring (bicyclic) bond motifs is 1. The molecule has 0 radical (unpaired) electrons. The Morgan fingerprint density at radius 2 is 1.62 bits per heavy atom. The van der Waals surface area contributed by atoms with Crippen LogP contribution in [-0.2, 0) is 28.8 Å². The number of hydrogen-bond donors (Lipinski definition) is 1. The number of carbonyl (C=O) groups excluding carboxylic acids is 1. The van der Waals surface area contributed by atoms with Gasteiger partial charge in [0.25, 0.3) is 0 Å². The number of carbonyl (C=O) groups is 1. The molecule has 3 rings (SSSR count). The van der Waals surface area contributed by atoms with Gasteiger partial charge in [-0.1, -0.05) is 105 Å². The second-order valence-corrected chi connectivity index (χ2v) is 11.4. The lowest BCUT2D eigenvalue weighted by atomic mass is 9.79. The monoisotopic (exact) mass is 530 g/mol. The number of benzene rings is 1. The molecule has 0 heterocycles. The highest BCUT2D eigenvalue weighted by Crippen LogP contribution is 2.33. The number of allylic oxidation sites excluding steroid dienone is 8. The first-order valence-corrected chi connectivity index (χ1v) is 15.2. The summed E-state index contributed by atoms with van der Waals surface area (Å²) in [5.74, 6) is 0.653. The van der Waals surface area contributed by atoms with Crippen LogP contribution in [0.15, 0.2) is 78.0 Å². The quantitative estimate of drug-likeness (QED) is 0.125. The molecule has 1 aromatic carbocycles. The van der Waals surface area contributed by atoms with Crippen molar-refractivity contribution < 1.29 is 14.6 Å². The minimum Gasteiger partial charge on any atom is -0.462 e. The van der Waals surface area contributed by atoms with E-state index in [1.54, 1.807) is 6.92 Å². The first kappa shape index (κ1) is 30.9. The Morgan fingerprint density at radius 1 is 0.923 bits per heavy atom. The molecule has 0 spiro atoms. The van der Waals surface area contributed by atoms with Gasteiger partial charge in [0.2, 0.25) is 0 Å². The summed E-state index contributed by atoms with van der Waals surface area (Å²) < 4.78 is 5.22. The largest absolute Gasteiger partial charge is 0.462 e. The van der Waals surface area contributed by atoms with Gasteiger partial charge in [-0.3, -0.25) is 0 Å². The molecule has 0 aromatic heterocycles. The molecule has 3 heteroatoms. The maximum atomic E-state index is 11.6. The van der Waals surface area contributed by atoms with Crippen LogP contribution in [0.5, 0.6) is 0 Å². The van der Waals surface area contributed by atoms with E-state index in [0.29, 0.717) is 17.4 Å². The molecule has 39 heavy (non-hydrogen) atoms. The van der Waals surface area contributed by atoms with E-state index in [9.17, 15) is 9.90 Å². The van der Waals surface area contributed by atoms with Crippen molar-refractivity contribution in [1.29, 1.82) is 0 Å². The SMILES string of the molecule is C=C(C)C(=O)OCC(CO)CCCCc1ccc(CCC2=CC3C=CC(CCCCC)=CC3C=C2)c(CC)c1. The number of rotatable bonds is 17. The lowest BCUT2D eigenvalue weighted by Crippen LogP contribution is -2.17. The zero-order valence-electron chi connectivity index (χ0n) is 24.6. The van der Waals surface area contributed by atoms with E-state index < -0.39 is 0 Å².